The zero-order chi connectivity index (χ0) is 16.9. The lowest BCUT2D eigenvalue weighted by atomic mass is 10.1. The Bertz CT molecular complexity index is 676. The molecule has 0 heterocycles. The largest absolute Gasteiger partial charge is 0.591 e. The van der Waals surface area contributed by atoms with Crippen LogP contribution in [-0.2, 0) is 11.4 Å². The Hall–Kier alpha value is -2.11. The topological polar surface area (TPSA) is 64.5 Å². The number of hydrogen-bond donors (Lipinski definition) is 1. The van der Waals surface area contributed by atoms with Crippen LogP contribution in [0.15, 0.2) is 59.0 Å². The van der Waals surface area contributed by atoms with Crippen LogP contribution in [0.4, 0.5) is 5.69 Å². The van der Waals surface area contributed by atoms with Crippen LogP contribution in [0.25, 0.3) is 0 Å². The molecule has 0 aliphatic rings. The van der Waals surface area contributed by atoms with Gasteiger partial charge < -0.3 is 9.87 Å². The smallest absolute Gasteiger partial charge is 0.255 e. The zero-order valence-corrected chi connectivity index (χ0v) is 14.3. The highest BCUT2D eigenvalue weighted by Crippen LogP contribution is 2.17. The Morgan fingerprint density at radius 2 is 1.70 bits per heavy atom. The molecular weight excluding hydrogens is 308 g/mol. The number of benzene rings is 2. The van der Waals surface area contributed by atoms with Crippen LogP contribution in [0.1, 0.15) is 36.7 Å². The fourth-order valence-corrected chi connectivity index (χ4v) is 2.25. The van der Waals surface area contributed by atoms with Gasteiger partial charge in [0.05, 0.1) is 6.21 Å². The maximum absolute atomic E-state index is 12.1. The molecule has 2 aromatic carbocycles. The lowest BCUT2D eigenvalue weighted by Gasteiger charge is -2.17. The van der Waals surface area contributed by atoms with Crippen molar-refractivity contribution in [2.75, 3.05) is 5.32 Å². The van der Waals surface area contributed by atoms with Gasteiger partial charge in [-0.15, -0.1) is 0 Å². The quantitative estimate of drug-likeness (QED) is 0.685. The first kappa shape index (κ1) is 17.2. The van der Waals surface area contributed by atoms with Gasteiger partial charge in [0.1, 0.15) is 16.1 Å². The van der Waals surface area contributed by atoms with Crippen molar-refractivity contribution in [3.05, 3.63) is 65.7 Å². The zero-order valence-electron chi connectivity index (χ0n) is 13.4. The Morgan fingerprint density at radius 3 is 2.26 bits per heavy atom. The maximum Gasteiger partial charge on any atom is 0.255 e. The predicted molar refractivity (Wildman–Crippen MR) is 96.3 cm³/mol. The molecule has 1 unspecified atom stereocenters. The standard InChI is InChI=1S/C18H20N2O2S/c1-18(2,3)23(22)19-13-14-9-11-15(12-10-14)17(21)20-16-7-5-4-6-8-16/h4-13H,1-3H3,(H,20,21). The average Bonchev–Trinajstić information content (AvgIpc) is 2.53. The summed E-state index contributed by atoms with van der Waals surface area (Å²) >= 11 is -1.29. The monoisotopic (exact) mass is 328 g/mol. The number of nitrogens with one attached hydrogen (secondary N) is 1. The number of para-hydroxylation sites is 1. The summed E-state index contributed by atoms with van der Waals surface area (Å²) in [5.41, 5.74) is 2.12. The van der Waals surface area contributed by atoms with E-state index in [4.69, 9.17) is 0 Å². The summed E-state index contributed by atoms with van der Waals surface area (Å²) in [5.74, 6) is -0.169. The van der Waals surface area contributed by atoms with Crippen LogP contribution in [-0.4, -0.2) is 21.4 Å². The second-order valence-electron chi connectivity index (χ2n) is 6.04. The summed E-state index contributed by atoms with van der Waals surface area (Å²) in [6.45, 7) is 5.62. The molecule has 0 aromatic heterocycles. The van der Waals surface area contributed by atoms with E-state index in [9.17, 15) is 9.35 Å². The number of carbonyl (C=O) groups excluding carboxylic acids is 1. The predicted octanol–water partition coefficient (Wildman–Crippen LogP) is 3.82. The minimum Gasteiger partial charge on any atom is -0.591 e. The molecule has 1 amide bonds. The lowest BCUT2D eigenvalue weighted by molar-refractivity contribution is 0.102. The van der Waals surface area contributed by atoms with Gasteiger partial charge in [-0.1, -0.05) is 34.7 Å². The summed E-state index contributed by atoms with van der Waals surface area (Å²) in [6, 6.07) is 16.3. The first-order chi connectivity index (χ1) is 10.9. The molecule has 0 saturated heterocycles. The van der Waals surface area contributed by atoms with Crippen molar-refractivity contribution in [1.29, 1.82) is 0 Å². The molecule has 0 fully saturated rings. The van der Waals surface area contributed by atoms with Crippen molar-refractivity contribution in [1.82, 2.24) is 0 Å². The fraction of sp³-hybridized carbons (Fsp3) is 0.222. The second-order valence-corrected chi connectivity index (χ2v) is 7.97. The summed E-state index contributed by atoms with van der Waals surface area (Å²) in [7, 11) is 0. The molecule has 0 bridgehead atoms. The van der Waals surface area contributed by atoms with Crippen molar-refractivity contribution >= 4 is 29.2 Å². The minimum absolute atomic E-state index is 0.169. The number of amides is 1. The maximum atomic E-state index is 12.1. The van der Waals surface area contributed by atoms with E-state index >= 15 is 0 Å². The lowest BCUT2D eigenvalue weighted by Crippen LogP contribution is -2.25. The summed E-state index contributed by atoms with van der Waals surface area (Å²) < 4.78 is 15.5. The second kappa shape index (κ2) is 7.44. The molecule has 0 saturated carbocycles. The molecule has 2 rings (SSSR count). The summed E-state index contributed by atoms with van der Waals surface area (Å²) in [6.07, 6.45) is 1.57. The Kier molecular flexibility index (Phi) is 5.58. The van der Waals surface area contributed by atoms with Gasteiger partial charge in [0, 0.05) is 11.3 Å². The van der Waals surface area contributed by atoms with E-state index in [1.165, 1.54) is 0 Å². The molecule has 0 spiro atoms. The van der Waals surface area contributed by atoms with Crippen molar-refractivity contribution in [2.45, 2.75) is 25.5 Å². The van der Waals surface area contributed by atoms with Gasteiger partial charge in [-0.25, -0.2) is 0 Å². The van der Waals surface area contributed by atoms with Gasteiger partial charge in [0.2, 0.25) is 0 Å². The molecule has 0 radical (unpaired) electrons. The third-order valence-electron chi connectivity index (χ3n) is 3.03. The Labute approximate surface area is 140 Å². The Morgan fingerprint density at radius 1 is 1.09 bits per heavy atom. The summed E-state index contributed by atoms with van der Waals surface area (Å²) in [4.78, 5) is 12.1. The third kappa shape index (κ3) is 5.23. The van der Waals surface area contributed by atoms with Gasteiger partial charge in [0.25, 0.3) is 5.91 Å². The van der Waals surface area contributed by atoms with E-state index in [-0.39, 0.29) is 10.7 Å². The van der Waals surface area contributed by atoms with Crippen molar-refractivity contribution in [2.24, 2.45) is 4.40 Å². The number of nitrogens with zero attached hydrogens (tertiary/aromatic N) is 1. The number of rotatable bonds is 4. The molecule has 120 valence electrons. The van der Waals surface area contributed by atoms with Crippen LogP contribution in [0, 0.1) is 0 Å². The first-order valence-electron chi connectivity index (χ1n) is 7.29. The van der Waals surface area contributed by atoms with Crippen LogP contribution in [0.3, 0.4) is 0 Å². The molecule has 23 heavy (non-hydrogen) atoms. The minimum atomic E-state index is -1.29. The van der Waals surface area contributed by atoms with E-state index in [0.717, 1.165) is 11.3 Å². The van der Waals surface area contributed by atoms with E-state index in [1.54, 1.807) is 30.5 Å². The van der Waals surface area contributed by atoms with Crippen LogP contribution < -0.4 is 5.32 Å². The highest BCUT2D eigenvalue weighted by molar-refractivity contribution is 7.91. The number of hydrogen-bond acceptors (Lipinski definition) is 3. The van der Waals surface area contributed by atoms with E-state index < -0.39 is 11.4 Å². The molecule has 1 N–H and O–H groups in total. The van der Waals surface area contributed by atoms with Gasteiger partial charge >= 0.3 is 0 Å². The van der Waals surface area contributed by atoms with Crippen LogP contribution in [0.2, 0.25) is 0 Å². The fourth-order valence-electron chi connectivity index (χ4n) is 1.71. The molecule has 4 nitrogen and oxygen atoms in total. The summed E-state index contributed by atoms with van der Waals surface area (Å²) in [5, 5.41) is 2.83. The van der Waals surface area contributed by atoms with E-state index in [0.29, 0.717) is 5.56 Å². The SMILES string of the molecule is CC(C)(C)[S+]([O-])N=Cc1ccc(C(=O)Nc2ccccc2)cc1. The normalized spacial score (nSPS) is 13.0. The van der Waals surface area contributed by atoms with Crippen molar-refractivity contribution in [3.63, 3.8) is 0 Å². The average molecular weight is 328 g/mol. The van der Waals surface area contributed by atoms with E-state index in [1.807, 2.05) is 51.1 Å². The van der Waals surface area contributed by atoms with Gasteiger partial charge in [0.15, 0.2) is 0 Å². The first-order valence-corrected chi connectivity index (χ1v) is 8.39. The highest BCUT2D eigenvalue weighted by atomic mass is 32.2. The van der Waals surface area contributed by atoms with Gasteiger partial charge in [-0.05, 0) is 50.6 Å². The molecule has 0 aliphatic carbocycles. The van der Waals surface area contributed by atoms with Crippen molar-refractivity contribution < 1.29 is 9.35 Å². The van der Waals surface area contributed by atoms with Crippen LogP contribution >= 0.6 is 0 Å². The third-order valence-corrected chi connectivity index (χ3v) is 4.37. The molecule has 2 aromatic rings. The van der Waals surface area contributed by atoms with Crippen LogP contribution in [0.5, 0.6) is 0 Å². The van der Waals surface area contributed by atoms with E-state index in [2.05, 4.69) is 9.71 Å². The van der Waals surface area contributed by atoms with Crippen molar-refractivity contribution in [3.8, 4) is 0 Å². The molecule has 1 atom stereocenters. The molecule has 0 aliphatic heterocycles. The van der Waals surface area contributed by atoms with Gasteiger partial charge in [-0.2, -0.15) is 0 Å². The molecule has 5 heteroatoms. The molecular formula is C18H20N2O2S. The number of anilines is 1. The Balaban J connectivity index is 2.02. The number of carbonyl (C=O) groups is 1. The highest BCUT2D eigenvalue weighted by Gasteiger charge is 2.25. The van der Waals surface area contributed by atoms with Gasteiger partial charge in [-0.3, -0.25) is 4.79 Å².